The monoisotopic (exact) mass is 428 g/mol. The molecule has 1 fully saturated rings. The molecule has 1 saturated heterocycles. The summed E-state index contributed by atoms with van der Waals surface area (Å²) in [7, 11) is -3.86. The van der Waals surface area contributed by atoms with Crippen LogP contribution in [-0.2, 0) is 30.7 Å². The third-order valence-electron chi connectivity index (χ3n) is 5.42. The molecule has 0 aliphatic carbocycles. The first-order valence-electron chi connectivity index (χ1n) is 10.2. The molecular weight excluding hydrogens is 400 g/mol. The van der Waals surface area contributed by atoms with E-state index in [1.165, 1.54) is 18.2 Å². The van der Waals surface area contributed by atoms with E-state index in [1.54, 1.807) is 18.2 Å². The van der Waals surface area contributed by atoms with Crippen molar-refractivity contribution in [3.8, 4) is 0 Å². The summed E-state index contributed by atoms with van der Waals surface area (Å²) in [6.45, 7) is 6.50. The average Bonchev–Trinajstić information content (AvgIpc) is 2.78. The van der Waals surface area contributed by atoms with Gasteiger partial charge in [-0.1, -0.05) is 61.5 Å². The number of hydrogen-bond acceptors (Lipinski definition) is 5. The van der Waals surface area contributed by atoms with Gasteiger partial charge in [-0.05, 0) is 30.5 Å². The molecule has 3 rings (SSSR count). The number of hydrogen-bond donors (Lipinski definition) is 0. The highest BCUT2D eigenvalue weighted by molar-refractivity contribution is 7.92. The largest absolute Gasteiger partial charge is 0.377 e. The van der Waals surface area contributed by atoms with Crippen LogP contribution >= 0.6 is 0 Å². The van der Waals surface area contributed by atoms with Crippen LogP contribution in [0.3, 0.4) is 0 Å². The Balaban J connectivity index is 1.77. The number of carbonyl (C=O) groups excluding carboxylic acids is 1. The minimum atomic E-state index is -3.86. The van der Waals surface area contributed by atoms with E-state index in [1.807, 2.05) is 37.3 Å². The fourth-order valence-corrected chi connectivity index (χ4v) is 5.84. The van der Waals surface area contributed by atoms with E-state index in [0.29, 0.717) is 26.1 Å². The van der Waals surface area contributed by atoms with Gasteiger partial charge in [0, 0.05) is 12.5 Å². The van der Waals surface area contributed by atoms with Crippen molar-refractivity contribution in [2.24, 2.45) is 5.92 Å². The lowest BCUT2D eigenvalue weighted by Crippen LogP contribution is -2.54. The summed E-state index contributed by atoms with van der Waals surface area (Å²) < 4.78 is 38.4. The normalized spacial score (nSPS) is 24.5. The lowest BCUT2D eigenvalue weighted by atomic mass is 9.88. The standard InChI is InChI=1S/C24H28O5S/c1-3-20-22(15-16-28-17-18-11-7-5-8-12-18)29-21(4-2)23(25)24(20)30(26,27)19-13-9-6-10-14-19/h3,5-14,20-22,24H,1,4,15-17H2,2H3/t20?,21?,22-,24?/m0/s1. The number of ketones is 1. The number of Topliss-reactive ketones (excluding diaryl/α,β-unsaturated/α-hetero) is 1. The third-order valence-corrected chi connectivity index (χ3v) is 7.57. The molecule has 0 amide bonds. The number of sulfone groups is 1. The lowest BCUT2D eigenvalue weighted by molar-refractivity contribution is -0.148. The summed E-state index contributed by atoms with van der Waals surface area (Å²) in [6.07, 6.45) is 1.24. The van der Waals surface area contributed by atoms with Crippen molar-refractivity contribution >= 4 is 15.6 Å². The van der Waals surface area contributed by atoms with E-state index in [0.717, 1.165) is 5.56 Å². The Morgan fingerprint density at radius 1 is 1.07 bits per heavy atom. The summed E-state index contributed by atoms with van der Waals surface area (Å²) in [5.74, 6) is -1.03. The van der Waals surface area contributed by atoms with E-state index in [4.69, 9.17) is 9.47 Å². The van der Waals surface area contributed by atoms with Gasteiger partial charge in [0.25, 0.3) is 0 Å². The van der Waals surface area contributed by atoms with Crippen LogP contribution in [0, 0.1) is 5.92 Å². The maximum Gasteiger partial charge on any atom is 0.189 e. The number of carbonyl (C=O) groups is 1. The Labute approximate surface area is 178 Å². The van der Waals surface area contributed by atoms with Crippen LogP contribution in [0.4, 0.5) is 0 Å². The zero-order valence-corrected chi connectivity index (χ0v) is 18.0. The van der Waals surface area contributed by atoms with Gasteiger partial charge in [-0.3, -0.25) is 4.79 Å². The zero-order chi connectivity index (χ0) is 21.6. The molecule has 4 atom stereocenters. The smallest absolute Gasteiger partial charge is 0.189 e. The second kappa shape index (κ2) is 10.2. The van der Waals surface area contributed by atoms with Gasteiger partial charge in [-0.2, -0.15) is 0 Å². The van der Waals surface area contributed by atoms with E-state index in [2.05, 4.69) is 6.58 Å². The summed E-state index contributed by atoms with van der Waals surface area (Å²) in [6, 6.07) is 17.9. The molecule has 1 heterocycles. The molecule has 30 heavy (non-hydrogen) atoms. The van der Waals surface area contributed by atoms with Gasteiger partial charge >= 0.3 is 0 Å². The van der Waals surface area contributed by atoms with Crippen molar-refractivity contribution < 1.29 is 22.7 Å². The molecule has 1 aliphatic rings. The number of ether oxygens (including phenoxy) is 2. The first-order valence-corrected chi connectivity index (χ1v) is 11.8. The molecule has 0 bridgehead atoms. The maximum atomic E-state index is 13.3. The zero-order valence-electron chi connectivity index (χ0n) is 17.1. The van der Waals surface area contributed by atoms with Crippen LogP contribution in [0.15, 0.2) is 78.2 Å². The molecule has 0 N–H and O–H groups in total. The molecule has 0 radical (unpaired) electrons. The molecule has 5 nitrogen and oxygen atoms in total. The van der Waals surface area contributed by atoms with E-state index in [-0.39, 0.29) is 4.90 Å². The molecule has 2 aromatic carbocycles. The molecular formula is C24H28O5S. The van der Waals surface area contributed by atoms with Crippen molar-refractivity contribution in [1.82, 2.24) is 0 Å². The van der Waals surface area contributed by atoms with Crippen LogP contribution in [-0.4, -0.2) is 38.3 Å². The fourth-order valence-electron chi connectivity index (χ4n) is 3.85. The molecule has 0 saturated carbocycles. The predicted octanol–water partition coefficient (Wildman–Crippen LogP) is 3.98. The lowest BCUT2D eigenvalue weighted by Gasteiger charge is -2.39. The average molecular weight is 429 g/mol. The summed E-state index contributed by atoms with van der Waals surface area (Å²) in [4.78, 5) is 13.2. The predicted molar refractivity (Wildman–Crippen MR) is 116 cm³/mol. The summed E-state index contributed by atoms with van der Waals surface area (Å²) in [5.41, 5.74) is 1.06. The topological polar surface area (TPSA) is 69.7 Å². The Morgan fingerprint density at radius 2 is 1.70 bits per heavy atom. The van der Waals surface area contributed by atoms with Crippen LogP contribution in [0.1, 0.15) is 25.3 Å². The Morgan fingerprint density at radius 3 is 2.30 bits per heavy atom. The minimum Gasteiger partial charge on any atom is -0.377 e. The van der Waals surface area contributed by atoms with Crippen LogP contribution in [0.2, 0.25) is 0 Å². The first-order chi connectivity index (χ1) is 14.5. The number of rotatable bonds is 9. The first kappa shape index (κ1) is 22.4. The van der Waals surface area contributed by atoms with Crippen molar-refractivity contribution in [3.63, 3.8) is 0 Å². The van der Waals surface area contributed by atoms with Crippen molar-refractivity contribution in [2.75, 3.05) is 6.61 Å². The van der Waals surface area contributed by atoms with E-state index >= 15 is 0 Å². The Bertz CT molecular complexity index is 940. The second-order valence-electron chi connectivity index (χ2n) is 7.39. The molecule has 0 aromatic heterocycles. The third kappa shape index (κ3) is 4.89. The molecule has 3 unspecified atom stereocenters. The van der Waals surface area contributed by atoms with Gasteiger partial charge in [-0.15, -0.1) is 6.58 Å². The molecule has 160 valence electrons. The maximum absolute atomic E-state index is 13.3. The highest BCUT2D eigenvalue weighted by atomic mass is 32.2. The molecule has 0 spiro atoms. The van der Waals surface area contributed by atoms with Gasteiger partial charge in [0.15, 0.2) is 15.6 Å². The Kier molecular flexibility index (Phi) is 7.58. The molecule has 2 aromatic rings. The Hall–Kier alpha value is -2.28. The van der Waals surface area contributed by atoms with Crippen LogP contribution < -0.4 is 0 Å². The van der Waals surface area contributed by atoms with Crippen LogP contribution in [0.25, 0.3) is 0 Å². The quantitative estimate of drug-likeness (QED) is 0.446. The summed E-state index contributed by atoms with van der Waals surface area (Å²) in [5, 5.41) is -1.20. The molecule has 6 heteroatoms. The van der Waals surface area contributed by atoms with Gasteiger partial charge in [-0.25, -0.2) is 8.42 Å². The van der Waals surface area contributed by atoms with Crippen molar-refractivity contribution in [3.05, 3.63) is 78.9 Å². The highest BCUT2D eigenvalue weighted by Crippen LogP contribution is 2.34. The fraction of sp³-hybridized carbons (Fsp3) is 0.375. The van der Waals surface area contributed by atoms with Crippen molar-refractivity contribution in [1.29, 1.82) is 0 Å². The summed E-state index contributed by atoms with van der Waals surface area (Å²) >= 11 is 0. The minimum absolute atomic E-state index is 0.144. The van der Waals surface area contributed by atoms with Gasteiger partial charge < -0.3 is 9.47 Å². The van der Waals surface area contributed by atoms with E-state index in [9.17, 15) is 13.2 Å². The van der Waals surface area contributed by atoms with Gasteiger partial charge in [0.1, 0.15) is 11.4 Å². The van der Waals surface area contributed by atoms with Crippen LogP contribution in [0.5, 0.6) is 0 Å². The second-order valence-corrected chi connectivity index (χ2v) is 9.46. The van der Waals surface area contributed by atoms with Gasteiger partial charge in [0.05, 0.1) is 17.6 Å². The van der Waals surface area contributed by atoms with Crippen molar-refractivity contribution in [2.45, 2.75) is 48.7 Å². The van der Waals surface area contributed by atoms with Gasteiger partial charge in [0.2, 0.25) is 0 Å². The van der Waals surface area contributed by atoms with E-state index < -0.39 is 39.0 Å². The molecule has 1 aliphatic heterocycles. The SMILES string of the molecule is C=CC1C(S(=O)(=O)c2ccccc2)C(=O)C(CC)O[C@H]1CCOCc1ccccc1. The number of benzene rings is 2. The highest BCUT2D eigenvalue weighted by Gasteiger charge is 2.49.